The van der Waals surface area contributed by atoms with Crippen LogP contribution < -0.4 is 0 Å². The molecule has 1 aromatic rings. The maximum atomic E-state index is 13.1. The van der Waals surface area contributed by atoms with Gasteiger partial charge in [0.1, 0.15) is 24.5 Å². The van der Waals surface area contributed by atoms with E-state index in [1.165, 1.54) is 23.1 Å². The third-order valence-electron chi connectivity index (χ3n) is 5.17. The number of carbonyl (C=O) groups is 3. The smallest absolute Gasteiger partial charge is 0.327 e. The lowest BCUT2D eigenvalue weighted by atomic mass is 9.81. The van der Waals surface area contributed by atoms with Crippen LogP contribution in [0.4, 0.5) is 9.18 Å². The first-order valence-electron chi connectivity index (χ1n) is 8.54. The minimum Gasteiger partial charge on any atom is -0.459 e. The summed E-state index contributed by atoms with van der Waals surface area (Å²) in [5.41, 5.74) is -0.213. The average molecular weight is 427 g/mol. The Morgan fingerprint density at radius 2 is 1.96 bits per heavy atom. The number of rotatable bonds is 4. The van der Waals surface area contributed by atoms with E-state index < -0.39 is 29.9 Å². The van der Waals surface area contributed by atoms with Gasteiger partial charge in [-0.25, -0.2) is 9.18 Å². The molecule has 0 N–H and O–H groups in total. The van der Waals surface area contributed by atoms with E-state index in [1.54, 1.807) is 7.05 Å². The van der Waals surface area contributed by atoms with Crippen LogP contribution in [0.15, 0.2) is 22.7 Å². The van der Waals surface area contributed by atoms with Crippen LogP contribution in [0.25, 0.3) is 0 Å². The molecule has 1 aliphatic carbocycles. The van der Waals surface area contributed by atoms with Gasteiger partial charge in [-0.2, -0.15) is 0 Å². The highest BCUT2D eigenvalue weighted by molar-refractivity contribution is 9.10. The van der Waals surface area contributed by atoms with Crippen molar-refractivity contribution in [3.8, 4) is 0 Å². The van der Waals surface area contributed by atoms with E-state index in [4.69, 9.17) is 4.74 Å². The van der Waals surface area contributed by atoms with Crippen LogP contribution in [0.5, 0.6) is 0 Å². The lowest BCUT2D eigenvalue weighted by Crippen LogP contribution is -2.49. The molecule has 1 saturated heterocycles. The zero-order valence-corrected chi connectivity index (χ0v) is 16.1. The minimum absolute atomic E-state index is 0.0725. The van der Waals surface area contributed by atoms with Crippen LogP contribution in [0.3, 0.4) is 0 Å². The Balaban J connectivity index is 1.63. The van der Waals surface area contributed by atoms with Crippen LogP contribution in [0.2, 0.25) is 0 Å². The number of hydrogen-bond acceptors (Lipinski definition) is 4. The van der Waals surface area contributed by atoms with Gasteiger partial charge in [0.25, 0.3) is 5.91 Å². The molecule has 0 aromatic heterocycles. The number of likely N-dealkylation sites (N-methyl/N-ethyl adjacent to an activating group) is 1. The molecule has 1 saturated carbocycles. The number of amides is 3. The summed E-state index contributed by atoms with van der Waals surface area (Å²) in [5, 5.41) is 0. The van der Waals surface area contributed by atoms with Crippen LogP contribution in [-0.2, 0) is 20.9 Å². The molecule has 1 heterocycles. The standard InChI is InChI=1S/C18H20BrFN2O4/c1-21-17(25)22(16(24)18(21)7-3-2-4-8-18)10-15(23)26-11-12-5-6-13(20)9-14(12)19/h5-6,9H,2-4,7-8,10-11H2,1H3. The second-order valence-electron chi connectivity index (χ2n) is 6.72. The van der Waals surface area contributed by atoms with Crippen LogP contribution in [-0.4, -0.2) is 46.8 Å². The molecule has 1 aliphatic heterocycles. The number of carbonyl (C=O) groups excluding carboxylic acids is 3. The van der Waals surface area contributed by atoms with Gasteiger partial charge in [-0.05, 0) is 25.0 Å². The summed E-state index contributed by atoms with van der Waals surface area (Å²) in [6.07, 6.45) is 4.08. The topological polar surface area (TPSA) is 66.9 Å². The number of halogens is 2. The molecule has 2 fully saturated rings. The molecule has 0 atom stereocenters. The van der Waals surface area contributed by atoms with Gasteiger partial charge in [0.05, 0.1) is 0 Å². The summed E-state index contributed by atoms with van der Waals surface area (Å²) in [4.78, 5) is 39.9. The molecule has 140 valence electrons. The molecule has 2 aliphatic rings. The van der Waals surface area contributed by atoms with Gasteiger partial charge in [0, 0.05) is 17.1 Å². The van der Waals surface area contributed by atoms with Gasteiger partial charge >= 0.3 is 12.0 Å². The van der Waals surface area contributed by atoms with Crippen LogP contribution >= 0.6 is 15.9 Å². The molecule has 26 heavy (non-hydrogen) atoms. The summed E-state index contributed by atoms with van der Waals surface area (Å²) in [7, 11) is 1.62. The Bertz CT molecular complexity index is 749. The number of esters is 1. The Morgan fingerprint density at radius 1 is 1.27 bits per heavy atom. The van der Waals surface area contributed by atoms with Gasteiger partial charge in [-0.15, -0.1) is 0 Å². The summed E-state index contributed by atoms with van der Waals surface area (Å²) >= 11 is 3.20. The van der Waals surface area contributed by atoms with Gasteiger partial charge in [0.15, 0.2) is 0 Å². The second-order valence-corrected chi connectivity index (χ2v) is 7.58. The first kappa shape index (κ1) is 18.8. The van der Waals surface area contributed by atoms with E-state index in [2.05, 4.69) is 15.9 Å². The molecule has 0 unspecified atom stereocenters. The number of nitrogens with zero attached hydrogens (tertiary/aromatic N) is 2. The van der Waals surface area contributed by atoms with E-state index in [-0.39, 0.29) is 12.5 Å². The van der Waals surface area contributed by atoms with Crippen molar-refractivity contribution in [1.82, 2.24) is 9.80 Å². The molecule has 0 radical (unpaired) electrons. The van der Waals surface area contributed by atoms with Gasteiger partial charge in [-0.1, -0.05) is 41.3 Å². The van der Waals surface area contributed by atoms with Crippen molar-refractivity contribution in [1.29, 1.82) is 0 Å². The summed E-state index contributed by atoms with van der Waals surface area (Å²) in [5.74, 6) is -1.39. The van der Waals surface area contributed by atoms with Crippen molar-refractivity contribution in [2.45, 2.75) is 44.2 Å². The number of urea groups is 1. The predicted octanol–water partition coefficient (Wildman–Crippen LogP) is 3.23. The Hall–Kier alpha value is -1.96. The number of hydrogen-bond donors (Lipinski definition) is 0. The second kappa shape index (κ2) is 7.34. The Labute approximate surface area is 159 Å². The van der Waals surface area contributed by atoms with E-state index >= 15 is 0 Å². The quantitative estimate of drug-likeness (QED) is 0.547. The SMILES string of the molecule is CN1C(=O)N(CC(=O)OCc2ccc(F)cc2Br)C(=O)C12CCCCC2. The summed E-state index contributed by atoms with van der Waals surface area (Å²) < 4.78 is 18.7. The number of ether oxygens (including phenoxy) is 1. The van der Waals surface area contributed by atoms with Crippen molar-refractivity contribution in [3.63, 3.8) is 0 Å². The van der Waals surface area contributed by atoms with E-state index in [9.17, 15) is 18.8 Å². The largest absolute Gasteiger partial charge is 0.459 e. The fourth-order valence-electron chi connectivity index (χ4n) is 3.64. The fraction of sp³-hybridized carbons (Fsp3) is 0.500. The van der Waals surface area contributed by atoms with Crippen molar-refractivity contribution >= 4 is 33.8 Å². The molecule has 6 nitrogen and oxygen atoms in total. The number of benzene rings is 1. The van der Waals surface area contributed by atoms with Gasteiger partial charge in [0.2, 0.25) is 0 Å². The van der Waals surface area contributed by atoms with Crippen molar-refractivity contribution in [2.75, 3.05) is 13.6 Å². The molecule has 8 heteroatoms. The third kappa shape index (κ3) is 3.34. The van der Waals surface area contributed by atoms with Crippen molar-refractivity contribution in [3.05, 3.63) is 34.1 Å². The predicted molar refractivity (Wildman–Crippen MR) is 94.6 cm³/mol. The zero-order valence-electron chi connectivity index (χ0n) is 14.5. The average Bonchev–Trinajstić information content (AvgIpc) is 2.78. The first-order chi connectivity index (χ1) is 12.3. The van der Waals surface area contributed by atoms with Gasteiger partial charge < -0.3 is 9.64 Å². The van der Waals surface area contributed by atoms with Crippen molar-refractivity contribution in [2.24, 2.45) is 0 Å². The van der Waals surface area contributed by atoms with Crippen LogP contribution in [0.1, 0.15) is 37.7 Å². The molecular formula is C18H20BrFN2O4. The van der Waals surface area contributed by atoms with Gasteiger partial charge in [-0.3, -0.25) is 14.5 Å². The summed E-state index contributed by atoms with van der Waals surface area (Å²) in [6.45, 7) is -0.487. The summed E-state index contributed by atoms with van der Waals surface area (Å²) in [6, 6.07) is 3.59. The van der Waals surface area contributed by atoms with E-state index in [0.29, 0.717) is 22.9 Å². The molecule has 3 rings (SSSR count). The normalized spacial score (nSPS) is 19.3. The molecule has 3 amide bonds. The fourth-order valence-corrected chi connectivity index (χ4v) is 4.11. The molecule has 1 spiro atoms. The lowest BCUT2D eigenvalue weighted by molar-refractivity contribution is -0.149. The molecule has 0 bridgehead atoms. The third-order valence-corrected chi connectivity index (χ3v) is 5.91. The molecular weight excluding hydrogens is 407 g/mol. The monoisotopic (exact) mass is 426 g/mol. The maximum Gasteiger partial charge on any atom is 0.327 e. The Kier molecular flexibility index (Phi) is 5.32. The maximum absolute atomic E-state index is 13.1. The lowest BCUT2D eigenvalue weighted by Gasteiger charge is -2.35. The Morgan fingerprint density at radius 3 is 2.62 bits per heavy atom. The molecule has 1 aromatic carbocycles. The minimum atomic E-state index is -0.810. The first-order valence-corrected chi connectivity index (χ1v) is 9.34. The number of imide groups is 1. The zero-order chi connectivity index (χ0) is 18.9. The van der Waals surface area contributed by atoms with E-state index in [1.807, 2.05) is 0 Å². The van der Waals surface area contributed by atoms with E-state index in [0.717, 1.165) is 24.2 Å². The van der Waals surface area contributed by atoms with Crippen LogP contribution in [0, 0.1) is 5.82 Å². The highest BCUT2D eigenvalue weighted by Gasteiger charge is 2.55. The van der Waals surface area contributed by atoms with Crippen molar-refractivity contribution < 1.29 is 23.5 Å². The highest BCUT2D eigenvalue weighted by Crippen LogP contribution is 2.39. The highest BCUT2D eigenvalue weighted by atomic mass is 79.9.